The zero-order valence-corrected chi connectivity index (χ0v) is 11.2. The number of hydrogen-bond donors (Lipinski definition) is 1. The molecule has 1 saturated heterocycles. The van der Waals surface area contributed by atoms with E-state index in [2.05, 4.69) is 19.2 Å². The van der Waals surface area contributed by atoms with Crippen LogP contribution in [0.2, 0.25) is 0 Å². The standard InChI is InChI=1S/C15H22FNO/c1-11(2)15-9-14(7-8-18-15)17-10-12-3-5-13(16)6-4-12/h3-6,11,14-15,17H,7-10H2,1-2H3. The Hall–Kier alpha value is -0.930. The van der Waals surface area contributed by atoms with Gasteiger partial charge in [0.1, 0.15) is 5.82 Å². The van der Waals surface area contributed by atoms with Gasteiger partial charge in [0.2, 0.25) is 0 Å². The van der Waals surface area contributed by atoms with Crippen LogP contribution in [-0.4, -0.2) is 18.8 Å². The number of halogens is 1. The summed E-state index contributed by atoms with van der Waals surface area (Å²) in [5.74, 6) is 0.394. The van der Waals surface area contributed by atoms with Gasteiger partial charge in [-0.15, -0.1) is 0 Å². The Balaban J connectivity index is 1.81. The van der Waals surface area contributed by atoms with Crippen molar-refractivity contribution in [1.82, 2.24) is 5.32 Å². The van der Waals surface area contributed by atoms with Gasteiger partial charge in [0.25, 0.3) is 0 Å². The maximum Gasteiger partial charge on any atom is 0.123 e. The van der Waals surface area contributed by atoms with Crippen LogP contribution in [0.15, 0.2) is 24.3 Å². The van der Waals surface area contributed by atoms with Crippen LogP contribution in [-0.2, 0) is 11.3 Å². The fraction of sp³-hybridized carbons (Fsp3) is 0.600. The maximum absolute atomic E-state index is 12.8. The lowest BCUT2D eigenvalue weighted by atomic mass is 9.95. The van der Waals surface area contributed by atoms with Crippen LogP contribution in [0.4, 0.5) is 4.39 Å². The summed E-state index contributed by atoms with van der Waals surface area (Å²) in [7, 11) is 0. The van der Waals surface area contributed by atoms with Gasteiger partial charge >= 0.3 is 0 Å². The van der Waals surface area contributed by atoms with Gasteiger partial charge in [-0.2, -0.15) is 0 Å². The van der Waals surface area contributed by atoms with E-state index in [1.54, 1.807) is 0 Å². The molecule has 0 spiro atoms. The van der Waals surface area contributed by atoms with E-state index < -0.39 is 0 Å². The molecule has 0 amide bonds. The van der Waals surface area contributed by atoms with E-state index in [4.69, 9.17) is 4.74 Å². The van der Waals surface area contributed by atoms with Crippen molar-refractivity contribution in [3.63, 3.8) is 0 Å². The molecule has 3 heteroatoms. The first-order chi connectivity index (χ1) is 8.65. The Kier molecular flexibility index (Phi) is 4.72. The van der Waals surface area contributed by atoms with Gasteiger partial charge in [-0.1, -0.05) is 26.0 Å². The van der Waals surface area contributed by atoms with Crippen molar-refractivity contribution in [1.29, 1.82) is 0 Å². The molecule has 2 rings (SSSR count). The quantitative estimate of drug-likeness (QED) is 0.887. The summed E-state index contributed by atoms with van der Waals surface area (Å²) in [6, 6.07) is 7.20. The van der Waals surface area contributed by atoms with Crippen LogP contribution < -0.4 is 5.32 Å². The minimum Gasteiger partial charge on any atom is -0.378 e. The SMILES string of the molecule is CC(C)C1CC(NCc2ccc(F)cc2)CCO1. The van der Waals surface area contributed by atoms with Crippen LogP contribution in [0.25, 0.3) is 0 Å². The van der Waals surface area contributed by atoms with Gasteiger partial charge in [-0.3, -0.25) is 0 Å². The summed E-state index contributed by atoms with van der Waals surface area (Å²) in [6.45, 7) is 6.04. The highest BCUT2D eigenvalue weighted by Crippen LogP contribution is 2.20. The highest BCUT2D eigenvalue weighted by Gasteiger charge is 2.24. The number of ether oxygens (including phenoxy) is 1. The van der Waals surface area contributed by atoms with Gasteiger partial charge in [0.05, 0.1) is 6.10 Å². The molecule has 1 aromatic rings. The highest BCUT2D eigenvalue weighted by molar-refractivity contribution is 5.15. The van der Waals surface area contributed by atoms with Crippen molar-refractivity contribution in [3.8, 4) is 0 Å². The van der Waals surface area contributed by atoms with E-state index in [0.717, 1.165) is 31.6 Å². The van der Waals surface area contributed by atoms with Crippen molar-refractivity contribution in [2.75, 3.05) is 6.61 Å². The molecule has 1 aromatic carbocycles. The van der Waals surface area contributed by atoms with Crippen molar-refractivity contribution < 1.29 is 9.13 Å². The summed E-state index contributed by atoms with van der Waals surface area (Å²) in [6.07, 6.45) is 2.49. The second kappa shape index (κ2) is 6.30. The first-order valence-corrected chi connectivity index (χ1v) is 6.74. The second-order valence-electron chi connectivity index (χ2n) is 5.38. The smallest absolute Gasteiger partial charge is 0.123 e. The van der Waals surface area contributed by atoms with Crippen molar-refractivity contribution >= 4 is 0 Å². The van der Waals surface area contributed by atoms with E-state index in [-0.39, 0.29) is 5.82 Å². The lowest BCUT2D eigenvalue weighted by Gasteiger charge is -2.32. The average Bonchev–Trinajstić information content (AvgIpc) is 2.38. The molecule has 1 heterocycles. The minimum absolute atomic E-state index is 0.176. The first-order valence-electron chi connectivity index (χ1n) is 6.74. The van der Waals surface area contributed by atoms with Crippen LogP contribution in [0.1, 0.15) is 32.3 Å². The second-order valence-corrected chi connectivity index (χ2v) is 5.38. The summed E-state index contributed by atoms with van der Waals surface area (Å²) in [5.41, 5.74) is 1.13. The Bertz CT molecular complexity index is 363. The van der Waals surface area contributed by atoms with Gasteiger partial charge in [-0.25, -0.2) is 4.39 Å². The first kappa shape index (κ1) is 13.5. The predicted octanol–water partition coefficient (Wildman–Crippen LogP) is 3.12. The Morgan fingerprint density at radius 3 is 2.72 bits per heavy atom. The molecule has 0 bridgehead atoms. The minimum atomic E-state index is -0.176. The monoisotopic (exact) mass is 251 g/mol. The summed E-state index contributed by atoms with van der Waals surface area (Å²) < 4.78 is 18.5. The number of nitrogens with one attached hydrogen (secondary N) is 1. The summed E-state index contributed by atoms with van der Waals surface area (Å²) >= 11 is 0. The number of rotatable bonds is 4. The molecular weight excluding hydrogens is 229 g/mol. The molecule has 0 aromatic heterocycles. The molecule has 2 atom stereocenters. The topological polar surface area (TPSA) is 21.3 Å². The molecule has 2 unspecified atom stereocenters. The predicted molar refractivity (Wildman–Crippen MR) is 70.8 cm³/mol. The van der Waals surface area contributed by atoms with Gasteiger partial charge in [0.15, 0.2) is 0 Å². The third-order valence-electron chi connectivity index (χ3n) is 3.57. The fourth-order valence-electron chi connectivity index (χ4n) is 2.34. The summed E-state index contributed by atoms with van der Waals surface area (Å²) in [4.78, 5) is 0. The van der Waals surface area contributed by atoms with E-state index in [1.807, 2.05) is 12.1 Å². The maximum atomic E-state index is 12.8. The molecule has 100 valence electrons. The molecule has 2 nitrogen and oxygen atoms in total. The molecule has 1 fully saturated rings. The number of hydrogen-bond acceptors (Lipinski definition) is 2. The molecule has 1 N–H and O–H groups in total. The molecular formula is C15H22FNO. The highest BCUT2D eigenvalue weighted by atomic mass is 19.1. The Morgan fingerprint density at radius 2 is 2.06 bits per heavy atom. The van der Waals surface area contributed by atoms with Crippen LogP contribution in [0, 0.1) is 11.7 Å². The van der Waals surface area contributed by atoms with Crippen molar-refractivity contribution in [3.05, 3.63) is 35.6 Å². The van der Waals surface area contributed by atoms with Gasteiger partial charge < -0.3 is 10.1 Å². The largest absolute Gasteiger partial charge is 0.378 e. The Morgan fingerprint density at radius 1 is 1.33 bits per heavy atom. The van der Waals surface area contributed by atoms with Crippen LogP contribution >= 0.6 is 0 Å². The molecule has 1 aliphatic heterocycles. The third-order valence-corrected chi connectivity index (χ3v) is 3.57. The zero-order chi connectivity index (χ0) is 13.0. The van der Waals surface area contributed by atoms with E-state index >= 15 is 0 Å². The van der Waals surface area contributed by atoms with Gasteiger partial charge in [-0.05, 0) is 36.5 Å². The molecule has 0 radical (unpaired) electrons. The molecule has 0 saturated carbocycles. The number of benzene rings is 1. The van der Waals surface area contributed by atoms with Crippen LogP contribution in [0.3, 0.4) is 0 Å². The van der Waals surface area contributed by atoms with Crippen molar-refractivity contribution in [2.45, 2.75) is 45.4 Å². The van der Waals surface area contributed by atoms with Crippen LogP contribution in [0.5, 0.6) is 0 Å². The summed E-state index contributed by atoms with van der Waals surface area (Å²) in [5, 5.41) is 3.54. The third kappa shape index (κ3) is 3.79. The van der Waals surface area contributed by atoms with Crippen molar-refractivity contribution in [2.24, 2.45) is 5.92 Å². The van der Waals surface area contributed by atoms with E-state index in [9.17, 15) is 4.39 Å². The lowest BCUT2D eigenvalue weighted by Crippen LogP contribution is -2.40. The Labute approximate surface area is 109 Å². The molecule has 1 aliphatic rings. The fourth-order valence-corrected chi connectivity index (χ4v) is 2.34. The molecule has 18 heavy (non-hydrogen) atoms. The lowest BCUT2D eigenvalue weighted by molar-refractivity contribution is -0.0245. The average molecular weight is 251 g/mol. The van der Waals surface area contributed by atoms with E-state index in [0.29, 0.717) is 18.1 Å². The molecule has 0 aliphatic carbocycles. The zero-order valence-electron chi connectivity index (χ0n) is 11.2. The van der Waals surface area contributed by atoms with Gasteiger partial charge in [0, 0.05) is 19.2 Å². The normalized spacial score (nSPS) is 24.4. The van der Waals surface area contributed by atoms with E-state index in [1.165, 1.54) is 12.1 Å².